The van der Waals surface area contributed by atoms with E-state index in [1.807, 2.05) is 13.0 Å². The standard InChI is InChI=1S/C15H23NOS/c1-4-7-8-10-16-15(17)14-11-12(6-3)13(18-14)9-5-2/h4,7,11H,5-6,8-10H2,1-3H3,(H,16,17)/b7-4+. The van der Waals surface area contributed by atoms with Gasteiger partial charge >= 0.3 is 0 Å². The van der Waals surface area contributed by atoms with E-state index in [1.165, 1.54) is 10.4 Å². The summed E-state index contributed by atoms with van der Waals surface area (Å²) in [6.07, 6.45) is 8.20. The van der Waals surface area contributed by atoms with Gasteiger partial charge in [0.05, 0.1) is 4.88 Å². The van der Waals surface area contributed by atoms with Crippen LogP contribution in [0.5, 0.6) is 0 Å². The minimum atomic E-state index is 0.0709. The molecule has 0 unspecified atom stereocenters. The highest BCUT2D eigenvalue weighted by atomic mass is 32.1. The van der Waals surface area contributed by atoms with Gasteiger partial charge < -0.3 is 5.32 Å². The summed E-state index contributed by atoms with van der Waals surface area (Å²) >= 11 is 1.65. The van der Waals surface area contributed by atoms with Crippen LogP contribution in [0.4, 0.5) is 0 Å². The van der Waals surface area contributed by atoms with E-state index in [9.17, 15) is 4.79 Å². The lowest BCUT2D eigenvalue weighted by Gasteiger charge is -2.00. The number of carbonyl (C=O) groups excluding carboxylic acids is 1. The zero-order valence-corrected chi connectivity index (χ0v) is 12.4. The van der Waals surface area contributed by atoms with Crippen molar-refractivity contribution in [3.63, 3.8) is 0 Å². The van der Waals surface area contributed by atoms with Crippen LogP contribution in [0.3, 0.4) is 0 Å². The normalized spacial score (nSPS) is 11.1. The van der Waals surface area contributed by atoms with Crippen LogP contribution in [0.25, 0.3) is 0 Å². The van der Waals surface area contributed by atoms with Gasteiger partial charge in [0, 0.05) is 11.4 Å². The molecule has 0 saturated carbocycles. The Bertz CT molecular complexity index is 407. The fourth-order valence-electron chi connectivity index (χ4n) is 1.84. The van der Waals surface area contributed by atoms with Crippen LogP contribution in [0.2, 0.25) is 0 Å². The zero-order valence-electron chi connectivity index (χ0n) is 11.6. The minimum Gasteiger partial charge on any atom is -0.351 e. The molecule has 0 aliphatic rings. The Hall–Kier alpha value is -1.09. The van der Waals surface area contributed by atoms with E-state index in [4.69, 9.17) is 0 Å². The molecule has 0 aliphatic heterocycles. The monoisotopic (exact) mass is 265 g/mol. The Balaban J connectivity index is 2.62. The van der Waals surface area contributed by atoms with E-state index in [0.717, 1.165) is 30.6 Å². The average Bonchev–Trinajstić information content (AvgIpc) is 2.78. The van der Waals surface area contributed by atoms with E-state index in [-0.39, 0.29) is 5.91 Å². The molecule has 1 rings (SSSR count). The summed E-state index contributed by atoms with van der Waals surface area (Å²) in [4.78, 5) is 14.2. The van der Waals surface area contributed by atoms with Crippen molar-refractivity contribution >= 4 is 17.2 Å². The Morgan fingerprint density at radius 2 is 2.22 bits per heavy atom. The molecule has 1 N–H and O–H groups in total. The predicted octanol–water partition coefficient (Wildman–Crippen LogP) is 3.96. The molecule has 0 saturated heterocycles. The SMILES string of the molecule is C/C=C/CCNC(=O)c1cc(CC)c(CCC)s1. The average molecular weight is 265 g/mol. The largest absolute Gasteiger partial charge is 0.351 e. The third kappa shape index (κ3) is 4.30. The highest BCUT2D eigenvalue weighted by molar-refractivity contribution is 7.14. The van der Waals surface area contributed by atoms with E-state index >= 15 is 0 Å². The van der Waals surface area contributed by atoms with E-state index in [0.29, 0.717) is 6.54 Å². The van der Waals surface area contributed by atoms with E-state index < -0.39 is 0 Å². The first-order valence-corrected chi connectivity index (χ1v) is 7.55. The van der Waals surface area contributed by atoms with Gasteiger partial charge in [-0.15, -0.1) is 11.3 Å². The highest BCUT2D eigenvalue weighted by Gasteiger charge is 2.12. The van der Waals surface area contributed by atoms with Crippen molar-refractivity contribution in [2.24, 2.45) is 0 Å². The van der Waals surface area contributed by atoms with Crippen LogP contribution in [0, 0.1) is 0 Å². The van der Waals surface area contributed by atoms with Gasteiger partial charge in [0.2, 0.25) is 0 Å². The maximum atomic E-state index is 12.0. The first-order chi connectivity index (χ1) is 8.72. The molecule has 1 aromatic heterocycles. The summed E-state index contributed by atoms with van der Waals surface area (Å²) in [7, 11) is 0. The van der Waals surface area contributed by atoms with Gasteiger partial charge in [0.25, 0.3) is 5.91 Å². The summed E-state index contributed by atoms with van der Waals surface area (Å²) < 4.78 is 0. The number of rotatable bonds is 7. The quantitative estimate of drug-likeness (QED) is 0.587. The molecular formula is C15H23NOS. The van der Waals surface area contributed by atoms with Crippen molar-refractivity contribution in [2.45, 2.75) is 46.5 Å². The molecule has 1 amide bonds. The summed E-state index contributed by atoms with van der Waals surface area (Å²) in [6, 6.07) is 2.06. The number of aryl methyl sites for hydroxylation is 2. The summed E-state index contributed by atoms with van der Waals surface area (Å²) in [5.41, 5.74) is 1.33. The number of carbonyl (C=O) groups is 1. The van der Waals surface area contributed by atoms with Crippen LogP contribution >= 0.6 is 11.3 Å². The van der Waals surface area contributed by atoms with Gasteiger partial charge in [-0.3, -0.25) is 4.79 Å². The minimum absolute atomic E-state index is 0.0709. The number of hydrogen-bond donors (Lipinski definition) is 1. The molecule has 3 heteroatoms. The maximum Gasteiger partial charge on any atom is 0.261 e. The number of nitrogens with one attached hydrogen (secondary N) is 1. The lowest BCUT2D eigenvalue weighted by Crippen LogP contribution is -2.23. The second-order valence-corrected chi connectivity index (χ2v) is 5.41. The molecule has 0 spiro atoms. The molecule has 1 aromatic rings. The van der Waals surface area contributed by atoms with Crippen LogP contribution in [0.15, 0.2) is 18.2 Å². The smallest absolute Gasteiger partial charge is 0.261 e. The lowest BCUT2D eigenvalue weighted by molar-refractivity contribution is 0.0958. The first-order valence-electron chi connectivity index (χ1n) is 6.73. The van der Waals surface area contributed by atoms with Gasteiger partial charge in [-0.25, -0.2) is 0 Å². The molecule has 0 bridgehead atoms. The number of amides is 1. The van der Waals surface area contributed by atoms with Gasteiger partial charge in [-0.1, -0.05) is 32.4 Å². The highest BCUT2D eigenvalue weighted by Crippen LogP contribution is 2.24. The van der Waals surface area contributed by atoms with Gasteiger partial charge in [0.15, 0.2) is 0 Å². The summed E-state index contributed by atoms with van der Waals surface area (Å²) in [5.74, 6) is 0.0709. The lowest BCUT2D eigenvalue weighted by atomic mass is 10.1. The van der Waals surface area contributed by atoms with E-state index in [2.05, 4.69) is 31.3 Å². The van der Waals surface area contributed by atoms with Crippen molar-refractivity contribution in [2.75, 3.05) is 6.54 Å². The Kier molecular flexibility index (Phi) is 6.73. The van der Waals surface area contributed by atoms with Crippen molar-refractivity contribution in [1.29, 1.82) is 0 Å². The fraction of sp³-hybridized carbons (Fsp3) is 0.533. The molecule has 18 heavy (non-hydrogen) atoms. The zero-order chi connectivity index (χ0) is 13.4. The summed E-state index contributed by atoms with van der Waals surface area (Å²) in [5, 5.41) is 2.96. The number of allylic oxidation sites excluding steroid dienone is 1. The van der Waals surface area contributed by atoms with Gasteiger partial charge in [-0.05, 0) is 37.8 Å². The van der Waals surface area contributed by atoms with Crippen molar-refractivity contribution < 1.29 is 4.79 Å². The first kappa shape index (κ1) is 15.0. The summed E-state index contributed by atoms with van der Waals surface area (Å²) in [6.45, 7) is 7.03. The number of hydrogen-bond acceptors (Lipinski definition) is 2. The Labute approximate surface area is 114 Å². The third-order valence-corrected chi connectivity index (χ3v) is 4.05. The van der Waals surface area contributed by atoms with Crippen molar-refractivity contribution in [3.8, 4) is 0 Å². The molecule has 0 fully saturated rings. The maximum absolute atomic E-state index is 12.0. The van der Waals surface area contributed by atoms with Crippen LogP contribution in [-0.4, -0.2) is 12.5 Å². The van der Waals surface area contributed by atoms with Crippen LogP contribution in [-0.2, 0) is 12.8 Å². The molecule has 0 aromatic carbocycles. The second kappa shape index (κ2) is 8.09. The topological polar surface area (TPSA) is 29.1 Å². The molecule has 0 atom stereocenters. The van der Waals surface area contributed by atoms with Crippen LogP contribution in [0.1, 0.15) is 53.7 Å². The van der Waals surface area contributed by atoms with Gasteiger partial charge in [0.1, 0.15) is 0 Å². The molecule has 0 aliphatic carbocycles. The molecular weight excluding hydrogens is 242 g/mol. The van der Waals surface area contributed by atoms with Gasteiger partial charge in [-0.2, -0.15) is 0 Å². The third-order valence-electron chi connectivity index (χ3n) is 2.81. The van der Waals surface area contributed by atoms with Crippen molar-refractivity contribution in [3.05, 3.63) is 33.5 Å². The Morgan fingerprint density at radius 1 is 1.44 bits per heavy atom. The van der Waals surface area contributed by atoms with Crippen LogP contribution < -0.4 is 5.32 Å². The predicted molar refractivity (Wildman–Crippen MR) is 79.5 cm³/mol. The second-order valence-electron chi connectivity index (χ2n) is 4.28. The number of thiophene rings is 1. The Morgan fingerprint density at radius 3 is 2.83 bits per heavy atom. The molecule has 0 radical (unpaired) electrons. The van der Waals surface area contributed by atoms with E-state index in [1.54, 1.807) is 11.3 Å². The molecule has 100 valence electrons. The fourth-order valence-corrected chi connectivity index (χ4v) is 3.11. The van der Waals surface area contributed by atoms with Crippen molar-refractivity contribution in [1.82, 2.24) is 5.32 Å². The molecule has 2 nitrogen and oxygen atoms in total. The molecule has 1 heterocycles.